The molecule has 2 aliphatic carbocycles. The van der Waals surface area contributed by atoms with Crippen molar-refractivity contribution in [2.24, 2.45) is 35.0 Å². The summed E-state index contributed by atoms with van der Waals surface area (Å²) in [4.78, 5) is 0. The Hall–Kier alpha value is -0.420. The van der Waals surface area contributed by atoms with Crippen LogP contribution in [0.25, 0.3) is 0 Å². The lowest BCUT2D eigenvalue weighted by Crippen LogP contribution is -2.12. The molecule has 0 heterocycles. The zero-order valence-electron chi connectivity index (χ0n) is 40.4. The average molecular weight is 701 g/mol. The van der Waals surface area contributed by atoms with Gasteiger partial charge in [0.05, 0.1) is 0 Å². The van der Waals surface area contributed by atoms with Crippen LogP contribution in [0, 0.1) is 35.0 Å². The Morgan fingerprint density at radius 1 is 0.596 bits per heavy atom. The van der Waals surface area contributed by atoms with E-state index in [1.165, 1.54) is 38.5 Å². The van der Waals surface area contributed by atoms with Gasteiger partial charge in [-0.15, -0.1) is 0 Å². The van der Waals surface area contributed by atoms with Gasteiger partial charge in [-0.25, -0.2) is 0 Å². The summed E-state index contributed by atoms with van der Waals surface area (Å²) in [5.41, 5.74) is -0.229. The van der Waals surface area contributed by atoms with Crippen LogP contribution in [-0.4, -0.2) is 12.4 Å². The van der Waals surface area contributed by atoms with Crippen LogP contribution in [0.5, 0.6) is 0 Å². The number of halogens is 6. The first-order valence-electron chi connectivity index (χ1n) is 21.6. The minimum atomic E-state index is -3.98. The van der Waals surface area contributed by atoms with Crippen molar-refractivity contribution in [2.45, 2.75) is 233 Å². The summed E-state index contributed by atoms with van der Waals surface area (Å²) in [6, 6.07) is 0. The number of hydrogen-bond donors (Lipinski definition) is 0. The van der Waals surface area contributed by atoms with Crippen LogP contribution in [0.3, 0.4) is 0 Å². The molecule has 6 heteroatoms. The Bertz CT molecular complexity index is 725. The van der Waals surface area contributed by atoms with Crippen molar-refractivity contribution in [3.05, 3.63) is 0 Å². The Labute approximate surface area is 302 Å². The van der Waals surface area contributed by atoms with Crippen molar-refractivity contribution >= 4 is 0 Å². The van der Waals surface area contributed by atoms with Gasteiger partial charge in [0.2, 0.25) is 0 Å². The molecule has 0 bridgehead atoms. The highest BCUT2D eigenvalue weighted by Gasteiger charge is 2.29. The number of alkyl halides is 6. The van der Waals surface area contributed by atoms with Gasteiger partial charge in [-0.3, -0.25) is 0 Å². The maximum Gasteiger partial charge on any atom is 0.389 e. The molecule has 2 atom stereocenters. The minimum Gasteiger partial charge on any atom is -0.171 e. The third-order valence-electron chi connectivity index (χ3n) is 7.05. The molecule has 0 nitrogen and oxygen atoms in total. The lowest BCUT2D eigenvalue weighted by atomic mass is 9.91. The van der Waals surface area contributed by atoms with Gasteiger partial charge >= 0.3 is 12.4 Å². The van der Waals surface area contributed by atoms with E-state index in [4.69, 9.17) is 8.22 Å². The zero-order chi connectivity index (χ0) is 44.1. The van der Waals surface area contributed by atoms with Crippen LogP contribution in [0.1, 0.15) is 229 Å². The van der Waals surface area contributed by atoms with Gasteiger partial charge in [-0.1, -0.05) is 207 Å². The number of rotatable bonds is 5. The number of hydrogen-bond acceptors (Lipinski definition) is 0. The SMILES string of the molecule is CC.CCC.CC[C@H](C)CC(F)(F)F.CC[C@H](C)CC(F)(F)F.[2H]C([2H])(C)C(C)(C)C.[2H]C([2H])(C)C(C)C.[2H]C1(C)CCCC1.[2H]C1(C)CCCCC1. The molecule has 0 aromatic rings. The predicted molar refractivity (Wildman–Crippen MR) is 202 cm³/mol. The summed E-state index contributed by atoms with van der Waals surface area (Å²) in [5, 5.41) is 0. The molecule has 2 saturated carbocycles. The van der Waals surface area contributed by atoms with Gasteiger partial charge in [0, 0.05) is 21.1 Å². The normalized spacial score (nSPS) is 19.9. The summed E-state index contributed by atoms with van der Waals surface area (Å²) in [5.74, 6) is -0.458. The predicted octanol–water partition coefficient (Wildman–Crippen LogP) is 17.7. The molecular formula is C41H88F6. The van der Waals surface area contributed by atoms with Gasteiger partial charge in [0.1, 0.15) is 0 Å². The molecule has 294 valence electrons. The second-order valence-electron chi connectivity index (χ2n) is 14.0. The van der Waals surface area contributed by atoms with Gasteiger partial charge in [0.25, 0.3) is 0 Å². The topological polar surface area (TPSA) is 0 Å². The van der Waals surface area contributed by atoms with Crippen molar-refractivity contribution in [3.8, 4) is 0 Å². The molecule has 0 aromatic heterocycles. The minimum absolute atomic E-state index is 0.0556. The molecule has 2 rings (SSSR count). The Morgan fingerprint density at radius 3 is 0.894 bits per heavy atom. The van der Waals surface area contributed by atoms with E-state index in [0.29, 0.717) is 12.8 Å². The van der Waals surface area contributed by atoms with E-state index in [0.717, 1.165) is 25.7 Å². The Balaban J connectivity index is -0.000000122. The van der Waals surface area contributed by atoms with E-state index >= 15 is 0 Å². The van der Waals surface area contributed by atoms with E-state index in [1.807, 2.05) is 62.3 Å². The summed E-state index contributed by atoms with van der Waals surface area (Å²) in [6.07, 6.45) is 2.07. The largest absolute Gasteiger partial charge is 0.389 e. The van der Waals surface area contributed by atoms with Crippen LogP contribution in [0.2, 0.25) is 0 Å². The van der Waals surface area contributed by atoms with E-state index in [2.05, 4.69) is 13.8 Å². The van der Waals surface area contributed by atoms with Crippen molar-refractivity contribution in [1.29, 1.82) is 0 Å². The Morgan fingerprint density at radius 2 is 0.809 bits per heavy atom. The highest BCUT2D eigenvalue weighted by Crippen LogP contribution is 2.27. The van der Waals surface area contributed by atoms with Crippen LogP contribution in [0.15, 0.2) is 0 Å². The molecule has 0 N–H and O–H groups in total. The molecule has 0 aromatic carbocycles. The molecule has 2 fully saturated rings. The van der Waals surface area contributed by atoms with E-state index in [-0.39, 0.29) is 35.0 Å². The van der Waals surface area contributed by atoms with E-state index in [9.17, 15) is 26.3 Å². The lowest BCUT2D eigenvalue weighted by Gasteiger charge is -2.15. The van der Waals surface area contributed by atoms with Gasteiger partial charge in [-0.05, 0) is 35.0 Å². The fraction of sp³-hybridized carbons (Fsp3) is 1.00. The maximum atomic E-state index is 11.5. The van der Waals surface area contributed by atoms with Crippen LogP contribution < -0.4 is 0 Å². The standard InChI is InChI=1S/C7H14.2C6H11F3.C6H12.C6H14.C5H12.C3H8.C2H6/c1-7-5-3-2-4-6-7;2*1-3-5(2)4-6(7,8)9;1-6-4-2-3-5-6;1-5-6(2,3)4;1-4-5(2)3;1-3-2;1-2/h7H,2-6H2,1H3;2*5H,3-4H2,1-2H3;6H,2-5H2,1H3;5H2,1-4H3;5H,4H2,1-3H3;3H2,1-2H3;1-2H3/t;2*5-;;;;;/m.00...../s1/i7D;;;6D;5D2;4D2;;. The first-order valence-corrected chi connectivity index (χ1v) is 18.6. The summed E-state index contributed by atoms with van der Waals surface area (Å²) in [6.45, 7) is 31.7. The van der Waals surface area contributed by atoms with Gasteiger partial charge in [-0.2, -0.15) is 26.3 Å². The molecule has 0 amide bonds. The molecule has 47 heavy (non-hydrogen) atoms. The molecule has 0 saturated heterocycles. The molecule has 0 unspecified atom stereocenters. The monoisotopic (exact) mass is 701 g/mol. The van der Waals surface area contributed by atoms with Crippen molar-refractivity contribution < 1.29 is 34.6 Å². The van der Waals surface area contributed by atoms with E-state index in [1.54, 1.807) is 41.5 Å². The van der Waals surface area contributed by atoms with Crippen molar-refractivity contribution in [1.82, 2.24) is 0 Å². The fourth-order valence-corrected chi connectivity index (χ4v) is 3.21. The average Bonchev–Trinajstić information content (AvgIpc) is 3.36. The quantitative estimate of drug-likeness (QED) is 0.251. The summed E-state index contributed by atoms with van der Waals surface area (Å²) in [7, 11) is 0. The maximum absolute atomic E-state index is 11.5. The van der Waals surface area contributed by atoms with Gasteiger partial charge in [0.15, 0.2) is 0 Å². The Kier molecular flexibility index (Phi) is 36.4. The highest BCUT2D eigenvalue weighted by molar-refractivity contribution is 4.61. The first kappa shape index (κ1) is 44.6. The third kappa shape index (κ3) is 76.8. The summed E-state index contributed by atoms with van der Waals surface area (Å²) < 4.78 is 113. The van der Waals surface area contributed by atoms with Crippen molar-refractivity contribution in [3.63, 3.8) is 0 Å². The smallest absolute Gasteiger partial charge is 0.171 e. The lowest BCUT2D eigenvalue weighted by molar-refractivity contribution is -0.144. The van der Waals surface area contributed by atoms with Crippen LogP contribution in [0.4, 0.5) is 26.3 Å². The molecule has 0 aliphatic heterocycles. The molecular weight excluding hydrogens is 606 g/mol. The molecule has 0 radical (unpaired) electrons. The van der Waals surface area contributed by atoms with Crippen molar-refractivity contribution in [2.75, 3.05) is 0 Å². The highest BCUT2D eigenvalue weighted by atomic mass is 19.4. The van der Waals surface area contributed by atoms with Crippen LogP contribution in [-0.2, 0) is 0 Å². The summed E-state index contributed by atoms with van der Waals surface area (Å²) >= 11 is 0. The molecule has 0 spiro atoms. The fourth-order valence-electron chi connectivity index (χ4n) is 3.21. The third-order valence-corrected chi connectivity index (χ3v) is 7.05. The zero-order valence-corrected chi connectivity index (χ0v) is 34.4. The van der Waals surface area contributed by atoms with Crippen LogP contribution >= 0.6 is 0 Å². The first-order chi connectivity index (χ1) is 23.4. The molecule has 2 aliphatic rings. The van der Waals surface area contributed by atoms with E-state index < -0.39 is 37.9 Å². The second-order valence-corrected chi connectivity index (χ2v) is 14.0. The van der Waals surface area contributed by atoms with Gasteiger partial charge < -0.3 is 0 Å². The second kappa shape index (κ2) is 38.4.